The van der Waals surface area contributed by atoms with Gasteiger partial charge in [0.15, 0.2) is 0 Å². The monoisotopic (exact) mass is 436 g/mol. The lowest BCUT2D eigenvalue weighted by Crippen LogP contribution is -2.44. The molecule has 0 saturated carbocycles. The fraction of sp³-hybridized carbons (Fsp3) is 0.591. The standard InChI is InChI=1S/C22H34F2N6O/c1-27-11-14(10-25)17-4-3-15(9-18(17)21(23)24)29-22(26)19-12-30(2)7-5-20(19)28-16-6-8-31-13-16/h3-4,9-10,14,16,21-22,25,27-29H,5-8,11-13,26H2,1-2H3. The van der Waals surface area contributed by atoms with Gasteiger partial charge >= 0.3 is 0 Å². The second-order valence-corrected chi connectivity index (χ2v) is 8.29. The van der Waals surface area contributed by atoms with Gasteiger partial charge < -0.3 is 36.7 Å². The van der Waals surface area contributed by atoms with Crippen LogP contribution in [-0.4, -0.2) is 70.3 Å². The highest BCUT2D eigenvalue weighted by Crippen LogP contribution is 2.31. The van der Waals surface area contributed by atoms with Crippen LogP contribution in [0.25, 0.3) is 0 Å². The van der Waals surface area contributed by atoms with Gasteiger partial charge in [-0.1, -0.05) is 6.07 Å². The van der Waals surface area contributed by atoms with E-state index in [-0.39, 0.29) is 11.6 Å². The predicted molar refractivity (Wildman–Crippen MR) is 120 cm³/mol. The molecule has 2 heterocycles. The van der Waals surface area contributed by atoms with Gasteiger partial charge in [-0.25, -0.2) is 8.78 Å². The Morgan fingerprint density at radius 1 is 1.35 bits per heavy atom. The van der Waals surface area contributed by atoms with E-state index in [4.69, 9.17) is 15.9 Å². The van der Waals surface area contributed by atoms with Crippen LogP contribution in [0.5, 0.6) is 0 Å². The fourth-order valence-corrected chi connectivity index (χ4v) is 4.21. The second-order valence-electron chi connectivity index (χ2n) is 8.29. The van der Waals surface area contributed by atoms with Gasteiger partial charge in [-0.2, -0.15) is 0 Å². The van der Waals surface area contributed by atoms with E-state index >= 15 is 0 Å². The lowest BCUT2D eigenvalue weighted by Gasteiger charge is -2.33. The lowest BCUT2D eigenvalue weighted by molar-refractivity contribution is 0.150. The summed E-state index contributed by atoms with van der Waals surface area (Å²) in [6.07, 6.45) is -0.102. The Morgan fingerprint density at radius 3 is 2.81 bits per heavy atom. The highest BCUT2D eigenvalue weighted by molar-refractivity contribution is 5.67. The maximum atomic E-state index is 13.8. The van der Waals surface area contributed by atoms with E-state index in [1.165, 1.54) is 12.3 Å². The Bertz CT molecular complexity index is 781. The molecule has 3 rings (SSSR count). The van der Waals surface area contributed by atoms with Crippen molar-refractivity contribution in [3.63, 3.8) is 0 Å². The summed E-state index contributed by atoms with van der Waals surface area (Å²) in [7, 11) is 3.79. The van der Waals surface area contributed by atoms with Gasteiger partial charge in [-0.15, -0.1) is 0 Å². The minimum absolute atomic E-state index is 0.0721. The Labute approximate surface area is 182 Å². The Morgan fingerprint density at radius 2 is 2.16 bits per heavy atom. The van der Waals surface area contributed by atoms with Gasteiger partial charge in [-0.05, 0) is 50.2 Å². The van der Waals surface area contributed by atoms with Crippen LogP contribution >= 0.6 is 0 Å². The van der Waals surface area contributed by atoms with Crippen LogP contribution in [0.2, 0.25) is 0 Å². The van der Waals surface area contributed by atoms with E-state index in [1.807, 2.05) is 7.05 Å². The van der Waals surface area contributed by atoms with Crippen LogP contribution in [0.4, 0.5) is 14.5 Å². The number of nitrogens with zero attached hydrogens (tertiary/aromatic N) is 1. The molecule has 0 aliphatic carbocycles. The van der Waals surface area contributed by atoms with E-state index in [1.54, 1.807) is 19.2 Å². The van der Waals surface area contributed by atoms with Crippen molar-refractivity contribution in [1.29, 1.82) is 5.41 Å². The molecule has 6 N–H and O–H groups in total. The van der Waals surface area contributed by atoms with Crippen LogP contribution in [0.15, 0.2) is 29.5 Å². The molecule has 1 saturated heterocycles. The van der Waals surface area contributed by atoms with Crippen LogP contribution in [0.3, 0.4) is 0 Å². The summed E-state index contributed by atoms with van der Waals surface area (Å²) in [6, 6.07) is 5.17. The van der Waals surface area contributed by atoms with Gasteiger partial charge in [-0.3, -0.25) is 0 Å². The Kier molecular flexibility index (Phi) is 8.36. The highest BCUT2D eigenvalue weighted by atomic mass is 19.3. The van der Waals surface area contributed by atoms with Crippen molar-refractivity contribution in [2.24, 2.45) is 5.73 Å². The van der Waals surface area contributed by atoms with Crippen molar-refractivity contribution in [2.45, 2.75) is 37.4 Å². The summed E-state index contributed by atoms with van der Waals surface area (Å²) in [5, 5.41) is 17.4. The maximum absolute atomic E-state index is 13.8. The molecule has 0 aromatic heterocycles. The molecule has 31 heavy (non-hydrogen) atoms. The van der Waals surface area contributed by atoms with Crippen molar-refractivity contribution in [2.75, 3.05) is 52.3 Å². The Hall–Kier alpha value is -2.07. The Balaban J connectivity index is 1.81. The van der Waals surface area contributed by atoms with Crippen LogP contribution in [-0.2, 0) is 4.74 Å². The third-order valence-electron chi connectivity index (χ3n) is 5.92. The van der Waals surface area contributed by atoms with Gasteiger partial charge in [0, 0.05) is 55.3 Å². The molecule has 3 atom stereocenters. The zero-order chi connectivity index (χ0) is 22.4. The zero-order valence-corrected chi connectivity index (χ0v) is 18.3. The molecule has 1 aromatic rings. The maximum Gasteiger partial charge on any atom is 0.264 e. The summed E-state index contributed by atoms with van der Waals surface area (Å²) < 4.78 is 33.0. The summed E-state index contributed by atoms with van der Waals surface area (Å²) in [4.78, 5) is 2.20. The third kappa shape index (κ3) is 6.00. The first-order chi connectivity index (χ1) is 14.9. The van der Waals surface area contributed by atoms with Crippen molar-refractivity contribution in [3.8, 4) is 0 Å². The van der Waals surface area contributed by atoms with Crippen LogP contribution < -0.4 is 21.7 Å². The van der Waals surface area contributed by atoms with E-state index in [0.717, 1.165) is 37.3 Å². The van der Waals surface area contributed by atoms with Crippen molar-refractivity contribution < 1.29 is 13.5 Å². The smallest absolute Gasteiger partial charge is 0.264 e. The summed E-state index contributed by atoms with van der Waals surface area (Å²) in [5.74, 6) is -0.407. The number of hydrogen-bond acceptors (Lipinski definition) is 7. The first-order valence-corrected chi connectivity index (χ1v) is 10.8. The lowest BCUT2D eigenvalue weighted by atomic mass is 9.94. The number of halogens is 2. The van der Waals surface area contributed by atoms with Crippen LogP contribution in [0.1, 0.15) is 36.3 Å². The van der Waals surface area contributed by atoms with Crippen molar-refractivity contribution >= 4 is 11.9 Å². The van der Waals surface area contributed by atoms with Gasteiger partial charge in [0.05, 0.1) is 18.8 Å². The molecule has 2 aliphatic rings. The molecular formula is C22H34F2N6O. The number of likely N-dealkylation sites (N-methyl/N-ethyl adjacent to an activating group) is 2. The molecule has 172 valence electrons. The molecule has 7 nitrogen and oxygen atoms in total. The normalized spacial score (nSPS) is 21.9. The van der Waals surface area contributed by atoms with E-state index in [0.29, 0.717) is 30.9 Å². The third-order valence-corrected chi connectivity index (χ3v) is 5.92. The number of nitrogens with two attached hydrogens (primary N) is 1. The molecule has 0 spiro atoms. The number of ether oxygens (including phenoxy) is 1. The SMILES string of the molecule is CNCC(C=N)c1ccc(NC(N)C2=C(NC3CCOC3)CCN(C)C2)cc1C(F)F. The molecule has 2 aliphatic heterocycles. The molecular weight excluding hydrogens is 402 g/mol. The second kappa shape index (κ2) is 11.0. The topological polar surface area (TPSA) is 98.4 Å². The first-order valence-electron chi connectivity index (χ1n) is 10.8. The predicted octanol–water partition coefficient (Wildman–Crippen LogP) is 2.24. The molecule has 1 aromatic carbocycles. The van der Waals surface area contributed by atoms with Crippen molar-refractivity contribution in [1.82, 2.24) is 15.5 Å². The van der Waals surface area contributed by atoms with Gasteiger partial charge in [0.2, 0.25) is 0 Å². The number of benzene rings is 1. The largest absolute Gasteiger partial charge is 0.383 e. The average molecular weight is 437 g/mol. The number of alkyl halides is 2. The number of hydrogen-bond donors (Lipinski definition) is 5. The highest BCUT2D eigenvalue weighted by Gasteiger charge is 2.25. The first kappa shape index (κ1) is 23.6. The molecule has 0 bridgehead atoms. The minimum Gasteiger partial charge on any atom is -0.383 e. The van der Waals surface area contributed by atoms with E-state index in [9.17, 15) is 8.78 Å². The summed E-state index contributed by atoms with van der Waals surface area (Å²) in [5.41, 5.74) is 9.60. The summed E-state index contributed by atoms with van der Waals surface area (Å²) in [6.45, 7) is 3.52. The average Bonchev–Trinajstić information content (AvgIpc) is 3.26. The van der Waals surface area contributed by atoms with E-state index < -0.39 is 18.5 Å². The number of nitrogens with one attached hydrogen (secondary N) is 4. The number of anilines is 1. The fourth-order valence-electron chi connectivity index (χ4n) is 4.21. The molecule has 0 radical (unpaired) electrons. The molecule has 9 heteroatoms. The summed E-state index contributed by atoms with van der Waals surface area (Å²) >= 11 is 0. The molecule has 3 unspecified atom stereocenters. The minimum atomic E-state index is -2.63. The zero-order valence-electron chi connectivity index (χ0n) is 18.3. The number of rotatable bonds is 10. The van der Waals surface area contributed by atoms with Gasteiger partial charge in [0.25, 0.3) is 6.43 Å². The van der Waals surface area contributed by atoms with Gasteiger partial charge in [0.1, 0.15) is 0 Å². The molecule has 0 amide bonds. The quantitative estimate of drug-likeness (QED) is 0.285. The van der Waals surface area contributed by atoms with Crippen LogP contribution in [0, 0.1) is 5.41 Å². The molecule has 1 fully saturated rings. The van der Waals surface area contributed by atoms with Crippen molar-refractivity contribution in [3.05, 3.63) is 40.6 Å². The van der Waals surface area contributed by atoms with E-state index in [2.05, 4.69) is 20.9 Å².